The number of hydrogen-bond acceptors (Lipinski definition) is 6. The molecule has 2 aromatic carbocycles. The van der Waals surface area contributed by atoms with Crippen LogP contribution in [-0.2, 0) is 4.79 Å². The predicted molar refractivity (Wildman–Crippen MR) is 134 cm³/mol. The zero-order valence-electron chi connectivity index (χ0n) is 18.2. The van der Waals surface area contributed by atoms with E-state index >= 15 is 0 Å². The number of thioether (sulfide) groups is 1. The largest absolute Gasteiger partial charge is 0.494 e. The minimum absolute atomic E-state index is 0.137. The first-order valence-electron chi connectivity index (χ1n) is 11.1. The van der Waals surface area contributed by atoms with Crippen molar-refractivity contribution < 1.29 is 19.0 Å². The van der Waals surface area contributed by atoms with E-state index in [0.29, 0.717) is 26.4 Å². The van der Waals surface area contributed by atoms with Gasteiger partial charge in [0.15, 0.2) is 15.8 Å². The van der Waals surface area contributed by atoms with Gasteiger partial charge < -0.3 is 14.2 Å². The Morgan fingerprint density at radius 1 is 1.03 bits per heavy atom. The maximum Gasteiger partial charge on any atom is 0.270 e. The van der Waals surface area contributed by atoms with E-state index < -0.39 is 0 Å². The lowest BCUT2D eigenvalue weighted by Crippen LogP contribution is -2.27. The molecule has 1 amide bonds. The highest BCUT2D eigenvalue weighted by atomic mass is 32.2. The number of hydrogen-bond donors (Lipinski definition) is 0. The highest BCUT2D eigenvalue weighted by molar-refractivity contribution is 8.27. The molecule has 2 heterocycles. The zero-order valence-corrected chi connectivity index (χ0v) is 19.8. The summed E-state index contributed by atoms with van der Waals surface area (Å²) < 4.78 is 17.1. The van der Waals surface area contributed by atoms with Crippen molar-refractivity contribution >= 4 is 46.0 Å². The molecule has 0 saturated carbocycles. The van der Waals surface area contributed by atoms with Crippen LogP contribution in [0.2, 0.25) is 0 Å². The second kappa shape index (κ2) is 10.9. The van der Waals surface area contributed by atoms with Crippen LogP contribution in [0.3, 0.4) is 0 Å². The number of carbonyl (C=O) groups excluding carboxylic acids is 1. The van der Waals surface area contributed by atoms with Crippen LogP contribution in [0.5, 0.6) is 17.2 Å². The van der Waals surface area contributed by atoms with Gasteiger partial charge in [-0.1, -0.05) is 75.1 Å². The van der Waals surface area contributed by atoms with E-state index in [1.54, 1.807) is 12.1 Å². The zero-order chi connectivity index (χ0) is 22.3. The molecule has 1 fully saturated rings. The van der Waals surface area contributed by atoms with Crippen LogP contribution in [0.15, 0.2) is 47.4 Å². The number of fused-ring (bicyclic) bond motifs is 1. The van der Waals surface area contributed by atoms with Crippen molar-refractivity contribution in [2.45, 2.75) is 45.4 Å². The molecule has 0 aliphatic carbocycles. The van der Waals surface area contributed by atoms with Crippen molar-refractivity contribution in [3.05, 3.63) is 52.9 Å². The molecule has 0 atom stereocenters. The van der Waals surface area contributed by atoms with Crippen LogP contribution in [0.4, 0.5) is 5.69 Å². The molecule has 32 heavy (non-hydrogen) atoms. The van der Waals surface area contributed by atoms with Crippen LogP contribution in [-0.4, -0.2) is 23.6 Å². The number of anilines is 1. The Morgan fingerprint density at radius 3 is 2.59 bits per heavy atom. The summed E-state index contributed by atoms with van der Waals surface area (Å²) in [5.41, 5.74) is 1.61. The number of rotatable bonds is 10. The van der Waals surface area contributed by atoms with Gasteiger partial charge in [-0.25, -0.2) is 0 Å². The second-order valence-electron chi connectivity index (χ2n) is 7.74. The van der Waals surface area contributed by atoms with Crippen molar-refractivity contribution in [2.24, 2.45) is 0 Å². The normalized spacial score (nSPS) is 16.3. The molecular weight excluding hydrogens is 442 g/mol. The van der Waals surface area contributed by atoms with Crippen molar-refractivity contribution in [3.8, 4) is 17.2 Å². The lowest BCUT2D eigenvalue weighted by Gasteiger charge is -2.14. The van der Waals surface area contributed by atoms with Crippen LogP contribution < -0.4 is 19.1 Å². The summed E-state index contributed by atoms with van der Waals surface area (Å²) in [5.74, 6) is 2.01. The Bertz CT molecular complexity index is 1000. The molecule has 0 spiro atoms. The number of carbonyl (C=O) groups is 1. The smallest absolute Gasteiger partial charge is 0.270 e. The van der Waals surface area contributed by atoms with Crippen LogP contribution in [0.25, 0.3) is 6.08 Å². The van der Waals surface area contributed by atoms with E-state index in [1.165, 1.54) is 48.8 Å². The van der Waals surface area contributed by atoms with E-state index in [-0.39, 0.29) is 12.7 Å². The molecule has 168 valence electrons. The minimum atomic E-state index is -0.137. The van der Waals surface area contributed by atoms with E-state index in [4.69, 9.17) is 26.4 Å². The first-order chi connectivity index (χ1) is 15.7. The van der Waals surface area contributed by atoms with E-state index in [9.17, 15) is 4.79 Å². The van der Waals surface area contributed by atoms with E-state index in [1.807, 2.05) is 36.4 Å². The fourth-order valence-electron chi connectivity index (χ4n) is 3.60. The van der Waals surface area contributed by atoms with Crippen LogP contribution in [0, 0.1) is 0 Å². The highest BCUT2D eigenvalue weighted by Gasteiger charge is 2.34. The number of benzene rings is 2. The number of thiocarbonyl (C=S) groups is 1. The minimum Gasteiger partial charge on any atom is -0.494 e. The molecule has 1 saturated heterocycles. The summed E-state index contributed by atoms with van der Waals surface area (Å²) in [4.78, 5) is 15.1. The molecule has 0 N–H and O–H groups in total. The third-order valence-corrected chi connectivity index (χ3v) is 6.65. The molecule has 0 unspecified atom stereocenters. The molecule has 5 nitrogen and oxygen atoms in total. The fourth-order valence-corrected chi connectivity index (χ4v) is 4.90. The average molecular weight is 470 g/mol. The van der Waals surface area contributed by atoms with Gasteiger partial charge in [0.1, 0.15) is 5.75 Å². The Labute approximate surface area is 198 Å². The van der Waals surface area contributed by atoms with Gasteiger partial charge in [0.25, 0.3) is 5.91 Å². The van der Waals surface area contributed by atoms with Gasteiger partial charge in [0.2, 0.25) is 6.79 Å². The second-order valence-corrected chi connectivity index (χ2v) is 9.42. The van der Waals surface area contributed by atoms with Gasteiger partial charge in [0, 0.05) is 6.07 Å². The predicted octanol–water partition coefficient (Wildman–Crippen LogP) is 6.56. The Balaban J connectivity index is 1.34. The van der Waals surface area contributed by atoms with Gasteiger partial charge in [0.05, 0.1) is 17.2 Å². The molecular formula is C25H27NO4S2. The number of ether oxygens (including phenoxy) is 3. The summed E-state index contributed by atoms with van der Waals surface area (Å²) in [5, 5.41) is 0. The molecule has 0 radical (unpaired) electrons. The van der Waals surface area contributed by atoms with Gasteiger partial charge in [-0.3, -0.25) is 9.69 Å². The summed E-state index contributed by atoms with van der Waals surface area (Å²) in [6.07, 6.45) is 9.33. The SMILES string of the molecule is CCCCCCCCOc1ccc(/C=C2/SC(=S)N(c3ccc4c(c3)OCO4)C2=O)cc1. The fraction of sp³-hybridized carbons (Fsp3) is 0.360. The van der Waals surface area contributed by atoms with Crippen LogP contribution in [0.1, 0.15) is 51.0 Å². The van der Waals surface area contributed by atoms with E-state index in [0.717, 1.165) is 24.3 Å². The van der Waals surface area contributed by atoms with Gasteiger partial charge >= 0.3 is 0 Å². The Hall–Kier alpha value is -2.51. The summed E-state index contributed by atoms with van der Waals surface area (Å²) in [6, 6.07) is 13.2. The molecule has 4 rings (SSSR count). The first kappa shape index (κ1) is 22.7. The molecule has 2 aliphatic heterocycles. The third kappa shape index (κ3) is 5.45. The summed E-state index contributed by atoms with van der Waals surface area (Å²) in [7, 11) is 0. The van der Waals surface area contributed by atoms with Crippen molar-refractivity contribution in [2.75, 3.05) is 18.3 Å². The standard InChI is InChI=1S/C25H27NO4S2/c1-2-3-4-5-6-7-14-28-20-11-8-18(9-12-20)15-23-24(27)26(25(31)32-23)19-10-13-21-22(16-19)30-17-29-21/h8-13,15-16H,2-7,14,17H2,1H3/b23-15+. The van der Waals surface area contributed by atoms with Crippen molar-refractivity contribution in [1.82, 2.24) is 0 Å². The number of amides is 1. The average Bonchev–Trinajstić information content (AvgIpc) is 3.37. The topological polar surface area (TPSA) is 48.0 Å². The van der Waals surface area contributed by atoms with Gasteiger partial charge in [-0.05, 0) is 42.3 Å². The van der Waals surface area contributed by atoms with E-state index in [2.05, 4.69) is 6.92 Å². The maximum atomic E-state index is 13.0. The Kier molecular flexibility index (Phi) is 7.71. The summed E-state index contributed by atoms with van der Waals surface area (Å²) in [6.45, 7) is 3.16. The van der Waals surface area contributed by atoms with Gasteiger partial charge in [-0.2, -0.15) is 0 Å². The molecule has 2 aliphatic rings. The van der Waals surface area contributed by atoms with Crippen molar-refractivity contribution in [3.63, 3.8) is 0 Å². The summed E-state index contributed by atoms with van der Waals surface area (Å²) >= 11 is 6.77. The molecule has 2 aromatic rings. The Morgan fingerprint density at radius 2 is 1.78 bits per heavy atom. The number of nitrogens with zero attached hydrogens (tertiary/aromatic N) is 1. The monoisotopic (exact) mass is 469 g/mol. The quantitative estimate of drug-likeness (QED) is 0.223. The number of unbranched alkanes of at least 4 members (excludes halogenated alkanes) is 5. The van der Waals surface area contributed by atoms with Crippen molar-refractivity contribution in [1.29, 1.82) is 0 Å². The molecule has 0 aromatic heterocycles. The third-order valence-electron chi connectivity index (χ3n) is 5.35. The lowest BCUT2D eigenvalue weighted by atomic mass is 10.1. The highest BCUT2D eigenvalue weighted by Crippen LogP contribution is 2.40. The van der Waals surface area contributed by atoms with Gasteiger partial charge in [-0.15, -0.1) is 0 Å². The molecule has 7 heteroatoms. The lowest BCUT2D eigenvalue weighted by molar-refractivity contribution is -0.113. The van der Waals surface area contributed by atoms with Crippen LogP contribution >= 0.6 is 24.0 Å². The first-order valence-corrected chi connectivity index (χ1v) is 12.3. The maximum absolute atomic E-state index is 13.0. The molecule has 0 bridgehead atoms.